The van der Waals surface area contributed by atoms with Crippen molar-refractivity contribution in [3.05, 3.63) is 65.1 Å². The average molecular weight is 396 g/mol. The summed E-state index contributed by atoms with van der Waals surface area (Å²) < 4.78 is 5.72. The van der Waals surface area contributed by atoms with Crippen LogP contribution >= 0.6 is 11.3 Å². The molecule has 0 aliphatic carbocycles. The first-order chi connectivity index (χ1) is 13.7. The van der Waals surface area contributed by atoms with Gasteiger partial charge >= 0.3 is 0 Å². The fourth-order valence-electron chi connectivity index (χ4n) is 3.98. The van der Waals surface area contributed by atoms with E-state index >= 15 is 0 Å². The van der Waals surface area contributed by atoms with E-state index in [-0.39, 0.29) is 0 Å². The predicted octanol–water partition coefficient (Wildman–Crippen LogP) is 5.06. The highest BCUT2D eigenvalue weighted by Gasteiger charge is 2.21. The van der Waals surface area contributed by atoms with Gasteiger partial charge in [-0.25, -0.2) is 4.98 Å². The summed E-state index contributed by atoms with van der Waals surface area (Å²) in [7, 11) is 2.24. The number of rotatable bonds is 7. The van der Waals surface area contributed by atoms with Crippen molar-refractivity contribution in [2.75, 3.05) is 26.7 Å². The van der Waals surface area contributed by atoms with E-state index in [0.29, 0.717) is 0 Å². The van der Waals surface area contributed by atoms with E-state index in [4.69, 9.17) is 4.42 Å². The number of piperidine rings is 1. The van der Waals surface area contributed by atoms with Gasteiger partial charge in [-0.15, -0.1) is 11.3 Å². The minimum absolute atomic E-state index is 0.779. The number of nitrogens with zero attached hydrogens (tertiary/aromatic N) is 3. The van der Waals surface area contributed by atoms with Crippen molar-refractivity contribution in [3.63, 3.8) is 0 Å². The largest absolute Gasteiger partial charge is 0.465 e. The Balaban J connectivity index is 1.23. The fourth-order valence-corrected chi connectivity index (χ4v) is 4.98. The summed E-state index contributed by atoms with van der Waals surface area (Å²) in [5, 5.41) is 1.12. The molecule has 0 spiro atoms. The first-order valence-electron chi connectivity index (χ1n) is 10.1. The standard InChI is InChI=1S/C23H29N3OS/c1-18-8-9-21(27-18)16-26-12-10-19(11-13-26)15-25(2)17-22-14-24-23(28-22)20-6-4-3-5-7-20/h3-9,14,19H,10-13,15-17H2,1-2H3. The zero-order valence-electron chi connectivity index (χ0n) is 16.8. The number of aromatic nitrogens is 1. The molecule has 1 aliphatic heterocycles. The van der Waals surface area contributed by atoms with E-state index < -0.39 is 0 Å². The molecule has 1 aliphatic rings. The molecule has 0 radical (unpaired) electrons. The third-order valence-corrected chi connectivity index (χ3v) is 6.48. The van der Waals surface area contributed by atoms with E-state index in [2.05, 4.69) is 58.2 Å². The summed E-state index contributed by atoms with van der Waals surface area (Å²) >= 11 is 1.81. The summed E-state index contributed by atoms with van der Waals surface area (Å²) in [4.78, 5) is 10.9. The SMILES string of the molecule is Cc1ccc(CN2CCC(CN(C)Cc3cnc(-c4ccccc4)s3)CC2)o1. The maximum Gasteiger partial charge on any atom is 0.123 e. The molecule has 4 rings (SSSR count). The number of thiazole rings is 1. The number of hydrogen-bond donors (Lipinski definition) is 0. The Morgan fingerprint density at radius 2 is 1.93 bits per heavy atom. The van der Waals surface area contributed by atoms with Gasteiger partial charge in [-0.2, -0.15) is 0 Å². The number of furan rings is 1. The molecule has 0 saturated carbocycles. The van der Waals surface area contributed by atoms with Gasteiger partial charge < -0.3 is 9.32 Å². The molecule has 4 nitrogen and oxygen atoms in total. The van der Waals surface area contributed by atoms with Gasteiger partial charge in [0.1, 0.15) is 16.5 Å². The third kappa shape index (κ3) is 5.10. The van der Waals surface area contributed by atoms with Gasteiger partial charge in [0.15, 0.2) is 0 Å². The Kier molecular flexibility index (Phi) is 6.25. The topological polar surface area (TPSA) is 32.5 Å². The second-order valence-electron chi connectivity index (χ2n) is 7.93. The van der Waals surface area contributed by atoms with Gasteiger partial charge in [-0.3, -0.25) is 4.90 Å². The quantitative estimate of drug-likeness (QED) is 0.560. The lowest BCUT2D eigenvalue weighted by Gasteiger charge is -2.33. The van der Waals surface area contributed by atoms with Gasteiger partial charge in [-0.05, 0) is 58.0 Å². The average Bonchev–Trinajstić information content (AvgIpc) is 3.33. The molecule has 1 fully saturated rings. The van der Waals surface area contributed by atoms with Gasteiger partial charge in [-0.1, -0.05) is 30.3 Å². The molecule has 0 atom stereocenters. The molecule has 3 heterocycles. The predicted molar refractivity (Wildman–Crippen MR) is 115 cm³/mol. The Hall–Kier alpha value is -1.95. The van der Waals surface area contributed by atoms with Crippen molar-refractivity contribution in [1.29, 1.82) is 0 Å². The summed E-state index contributed by atoms with van der Waals surface area (Å²) in [6, 6.07) is 14.6. The smallest absolute Gasteiger partial charge is 0.123 e. The number of aryl methyl sites for hydroxylation is 1. The first kappa shape index (κ1) is 19.4. The molecule has 28 heavy (non-hydrogen) atoms. The van der Waals surface area contributed by atoms with Crippen molar-refractivity contribution in [3.8, 4) is 10.6 Å². The zero-order valence-corrected chi connectivity index (χ0v) is 17.6. The van der Waals surface area contributed by atoms with Gasteiger partial charge in [0.05, 0.1) is 6.54 Å². The Morgan fingerprint density at radius 1 is 1.14 bits per heavy atom. The van der Waals surface area contributed by atoms with E-state index in [1.54, 1.807) is 0 Å². The molecule has 0 N–H and O–H groups in total. The van der Waals surface area contributed by atoms with Crippen LogP contribution < -0.4 is 0 Å². The summed E-state index contributed by atoms with van der Waals surface area (Å²) in [6.45, 7) is 7.42. The van der Waals surface area contributed by atoms with Crippen LogP contribution in [0.2, 0.25) is 0 Å². The molecule has 5 heteroatoms. The summed E-state index contributed by atoms with van der Waals surface area (Å²) in [5.74, 6) is 2.87. The Bertz CT molecular complexity index is 865. The third-order valence-electron chi connectivity index (χ3n) is 5.45. The van der Waals surface area contributed by atoms with Crippen molar-refractivity contribution in [2.24, 2.45) is 5.92 Å². The van der Waals surface area contributed by atoms with E-state index in [1.165, 1.54) is 23.3 Å². The van der Waals surface area contributed by atoms with Crippen molar-refractivity contribution >= 4 is 11.3 Å². The maximum absolute atomic E-state index is 5.72. The number of benzene rings is 1. The minimum atomic E-state index is 0.779. The summed E-state index contributed by atoms with van der Waals surface area (Å²) in [5.41, 5.74) is 1.21. The summed E-state index contributed by atoms with van der Waals surface area (Å²) in [6.07, 6.45) is 4.57. The molecular weight excluding hydrogens is 366 g/mol. The van der Waals surface area contributed by atoms with Crippen LogP contribution in [0.1, 0.15) is 29.2 Å². The number of hydrogen-bond acceptors (Lipinski definition) is 5. The van der Waals surface area contributed by atoms with Crippen LogP contribution in [0.3, 0.4) is 0 Å². The van der Waals surface area contributed by atoms with Crippen LogP contribution in [-0.4, -0.2) is 41.5 Å². The lowest BCUT2D eigenvalue weighted by molar-refractivity contribution is 0.140. The second-order valence-corrected chi connectivity index (χ2v) is 9.04. The Morgan fingerprint density at radius 3 is 2.64 bits per heavy atom. The minimum Gasteiger partial charge on any atom is -0.465 e. The first-order valence-corrected chi connectivity index (χ1v) is 10.9. The van der Waals surface area contributed by atoms with Crippen LogP contribution in [0.25, 0.3) is 10.6 Å². The van der Waals surface area contributed by atoms with E-state index in [1.807, 2.05) is 30.5 Å². The molecule has 0 unspecified atom stereocenters. The molecule has 0 amide bonds. The lowest BCUT2D eigenvalue weighted by atomic mass is 9.96. The highest BCUT2D eigenvalue weighted by atomic mass is 32.1. The number of likely N-dealkylation sites (tertiary alicyclic amines) is 1. The molecule has 3 aromatic rings. The van der Waals surface area contributed by atoms with Crippen LogP contribution in [0, 0.1) is 12.8 Å². The van der Waals surface area contributed by atoms with Crippen molar-refractivity contribution in [1.82, 2.24) is 14.8 Å². The second kappa shape index (κ2) is 9.03. The molecular formula is C23H29N3OS. The van der Waals surface area contributed by atoms with E-state index in [9.17, 15) is 0 Å². The molecule has 148 valence electrons. The van der Waals surface area contributed by atoms with Crippen molar-refractivity contribution in [2.45, 2.75) is 32.9 Å². The molecule has 1 aromatic carbocycles. The fraction of sp³-hybridized carbons (Fsp3) is 0.435. The van der Waals surface area contributed by atoms with E-state index in [0.717, 1.165) is 55.2 Å². The lowest BCUT2D eigenvalue weighted by Crippen LogP contribution is -2.37. The van der Waals surface area contributed by atoms with Gasteiger partial charge in [0, 0.05) is 29.7 Å². The van der Waals surface area contributed by atoms with Crippen LogP contribution in [0.15, 0.2) is 53.1 Å². The normalized spacial score (nSPS) is 16.1. The molecule has 1 saturated heterocycles. The highest BCUT2D eigenvalue weighted by molar-refractivity contribution is 7.15. The van der Waals surface area contributed by atoms with Crippen molar-refractivity contribution < 1.29 is 4.42 Å². The maximum atomic E-state index is 5.72. The Labute approximate surface area is 171 Å². The molecule has 2 aromatic heterocycles. The van der Waals surface area contributed by atoms with Gasteiger partial charge in [0.2, 0.25) is 0 Å². The van der Waals surface area contributed by atoms with Crippen LogP contribution in [0.4, 0.5) is 0 Å². The zero-order chi connectivity index (χ0) is 19.3. The van der Waals surface area contributed by atoms with Crippen LogP contribution in [-0.2, 0) is 13.1 Å². The molecule has 0 bridgehead atoms. The van der Waals surface area contributed by atoms with Gasteiger partial charge in [0.25, 0.3) is 0 Å². The highest BCUT2D eigenvalue weighted by Crippen LogP contribution is 2.26. The monoisotopic (exact) mass is 395 g/mol. The van der Waals surface area contributed by atoms with Crippen LogP contribution in [0.5, 0.6) is 0 Å².